The van der Waals surface area contributed by atoms with Crippen LogP contribution in [-0.4, -0.2) is 12.1 Å². The third-order valence-electron chi connectivity index (χ3n) is 4.01. The second-order valence-corrected chi connectivity index (χ2v) is 5.50. The highest BCUT2D eigenvalue weighted by molar-refractivity contribution is 5.33. The van der Waals surface area contributed by atoms with Gasteiger partial charge in [-0.3, -0.25) is 0 Å². The normalized spacial score (nSPS) is 15.0. The summed E-state index contributed by atoms with van der Waals surface area (Å²) in [5.41, 5.74) is 9.99. The van der Waals surface area contributed by atoms with E-state index in [-0.39, 0.29) is 5.54 Å². The molecular weight excluding hydrogens is 208 g/mol. The summed E-state index contributed by atoms with van der Waals surface area (Å²) in [6.45, 7) is 12.5. The van der Waals surface area contributed by atoms with Crippen molar-refractivity contribution < 1.29 is 0 Å². The maximum atomic E-state index is 5.89. The van der Waals surface area contributed by atoms with Crippen LogP contribution in [0.2, 0.25) is 0 Å². The minimum absolute atomic E-state index is 0.00865. The monoisotopic (exact) mass is 234 g/mol. The molecule has 1 unspecified atom stereocenters. The Bertz CT molecular complexity index is 351. The van der Waals surface area contributed by atoms with Gasteiger partial charge in [0.25, 0.3) is 0 Å². The minimum Gasteiger partial charge on any atom is -0.329 e. The molecule has 1 rings (SSSR count). The second-order valence-electron chi connectivity index (χ2n) is 5.50. The van der Waals surface area contributed by atoms with Crippen molar-refractivity contribution in [3.8, 4) is 0 Å². The van der Waals surface area contributed by atoms with Crippen LogP contribution in [0.25, 0.3) is 0 Å². The van der Waals surface area contributed by atoms with E-state index in [1.165, 1.54) is 16.7 Å². The number of benzene rings is 1. The number of aryl methyl sites for hydroxylation is 2. The maximum absolute atomic E-state index is 5.89. The van der Waals surface area contributed by atoms with Crippen molar-refractivity contribution in [2.45, 2.75) is 46.7 Å². The zero-order chi connectivity index (χ0) is 13.1. The molecular formula is C15H26N2. The van der Waals surface area contributed by atoms with Gasteiger partial charge in [0.15, 0.2) is 0 Å². The van der Waals surface area contributed by atoms with Gasteiger partial charge in [-0.15, -0.1) is 0 Å². The Balaban J connectivity index is 2.80. The van der Waals surface area contributed by atoms with E-state index in [9.17, 15) is 0 Å². The van der Waals surface area contributed by atoms with Crippen LogP contribution >= 0.6 is 0 Å². The van der Waals surface area contributed by atoms with E-state index in [0.717, 1.165) is 6.54 Å². The number of rotatable bonds is 5. The standard InChI is InChI=1S/C15H26N2/c1-11(2)15(5,10-16)17-9-14-12(3)7-6-8-13(14)4/h6-8,11,17H,9-10,16H2,1-5H3. The molecule has 17 heavy (non-hydrogen) atoms. The molecule has 3 N–H and O–H groups in total. The molecule has 0 aliphatic rings. The molecule has 0 amide bonds. The topological polar surface area (TPSA) is 38.0 Å². The largest absolute Gasteiger partial charge is 0.329 e. The van der Waals surface area contributed by atoms with Gasteiger partial charge in [0.1, 0.15) is 0 Å². The Morgan fingerprint density at radius 1 is 1.24 bits per heavy atom. The fraction of sp³-hybridized carbons (Fsp3) is 0.600. The summed E-state index contributed by atoms with van der Waals surface area (Å²) in [5.74, 6) is 0.525. The number of hydrogen-bond acceptors (Lipinski definition) is 2. The van der Waals surface area contributed by atoms with Crippen molar-refractivity contribution >= 4 is 0 Å². The van der Waals surface area contributed by atoms with E-state index in [1.54, 1.807) is 0 Å². The lowest BCUT2D eigenvalue weighted by Crippen LogP contribution is -2.52. The fourth-order valence-electron chi connectivity index (χ4n) is 1.93. The molecule has 2 heteroatoms. The first-order valence-corrected chi connectivity index (χ1v) is 6.41. The molecule has 0 radical (unpaired) electrons. The number of nitrogens with one attached hydrogen (secondary N) is 1. The number of nitrogens with two attached hydrogens (primary N) is 1. The Kier molecular flexibility index (Phi) is 4.72. The van der Waals surface area contributed by atoms with Crippen LogP contribution in [0.3, 0.4) is 0 Å². The van der Waals surface area contributed by atoms with Gasteiger partial charge in [0.2, 0.25) is 0 Å². The van der Waals surface area contributed by atoms with Crippen LogP contribution in [0.5, 0.6) is 0 Å². The molecule has 0 bridgehead atoms. The van der Waals surface area contributed by atoms with Gasteiger partial charge in [0.05, 0.1) is 0 Å². The summed E-state index contributed by atoms with van der Waals surface area (Å²) in [4.78, 5) is 0. The summed E-state index contributed by atoms with van der Waals surface area (Å²) >= 11 is 0. The molecule has 0 aliphatic heterocycles. The molecule has 1 aromatic rings. The predicted molar refractivity (Wildman–Crippen MR) is 75.1 cm³/mol. The highest BCUT2D eigenvalue weighted by Crippen LogP contribution is 2.18. The van der Waals surface area contributed by atoms with E-state index < -0.39 is 0 Å². The molecule has 2 nitrogen and oxygen atoms in total. The highest BCUT2D eigenvalue weighted by Gasteiger charge is 2.25. The Labute approximate surface area is 106 Å². The summed E-state index contributed by atoms with van der Waals surface area (Å²) in [6.07, 6.45) is 0. The smallest absolute Gasteiger partial charge is 0.0301 e. The molecule has 1 aromatic carbocycles. The fourth-order valence-corrected chi connectivity index (χ4v) is 1.93. The molecule has 0 saturated carbocycles. The second kappa shape index (κ2) is 5.65. The van der Waals surface area contributed by atoms with Crippen LogP contribution in [0, 0.1) is 19.8 Å². The van der Waals surface area contributed by atoms with E-state index >= 15 is 0 Å². The van der Waals surface area contributed by atoms with E-state index in [1.807, 2.05) is 0 Å². The van der Waals surface area contributed by atoms with Crippen LogP contribution in [0.1, 0.15) is 37.5 Å². The van der Waals surface area contributed by atoms with Crippen molar-refractivity contribution in [2.24, 2.45) is 11.7 Å². The molecule has 1 atom stereocenters. The maximum Gasteiger partial charge on any atom is 0.0301 e. The van der Waals surface area contributed by atoms with E-state index in [0.29, 0.717) is 12.5 Å². The van der Waals surface area contributed by atoms with Gasteiger partial charge in [-0.1, -0.05) is 32.0 Å². The van der Waals surface area contributed by atoms with Crippen LogP contribution in [-0.2, 0) is 6.54 Å². The van der Waals surface area contributed by atoms with Crippen molar-refractivity contribution in [3.63, 3.8) is 0 Å². The molecule has 0 heterocycles. The first-order valence-electron chi connectivity index (χ1n) is 6.41. The van der Waals surface area contributed by atoms with Crippen molar-refractivity contribution in [1.82, 2.24) is 5.32 Å². The van der Waals surface area contributed by atoms with Crippen molar-refractivity contribution in [3.05, 3.63) is 34.9 Å². The lowest BCUT2D eigenvalue weighted by atomic mass is 9.88. The zero-order valence-electron chi connectivity index (χ0n) is 11.8. The van der Waals surface area contributed by atoms with Crippen LogP contribution < -0.4 is 11.1 Å². The van der Waals surface area contributed by atoms with Crippen molar-refractivity contribution in [2.75, 3.05) is 6.54 Å². The SMILES string of the molecule is Cc1cccc(C)c1CNC(C)(CN)C(C)C. The summed E-state index contributed by atoms with van der Waals surface area (Å²) < 4.78 is 0. The molecule has 96 valence electrons. The third-order valence-corrected chi connectivity index (χ3v) is 4.01. The van der Waals surface area contributed by atoms with Crippen LogP contribution in [0.15, 0.2) is 18.2 Å². The third kappa shape index (κ3) is 3.30. The summed E-state index contributed by atoms with van der Waals surface area (Å²) in [7, 11) is 0. The summed E-state index contributed by atoms with van der Waals surface area (Å²) in [5, 5.41) is 3.62. The van der Waals surface area contributed by atoms with Gasteiger partial charge in [-0.25, -0.2) is 0 Å². The van der Waals surface area contributed by atoms with Crippen LogP contribution in [0.4, 0.5) is 0 Å². The predicted octanol–water partition coefficient (Wildman–Crippen LogP) is 2.77. The van der Waals surface area contributed by atoms with Gasteiger partial charge in [0, 0.05) is 18.6 Å². The summed E-state index contributed by atoms with van der Waals surface area (Å²) in [6, 6.07) is 6.44. The number of hydrogen-bond donors (Lipinski definition) is 2. The quantitative estimate of drug-likeness (QED) is 0.822. The highest BCUT2D eigenvalue weighted by atomic mass is 15.0. The molecule has 0 aliphatic carbocycles. The average Bonchev–Trinajstić information content (AvgIpc) is 2.27. The molecule has 0 aromatic heterocycles. The molecule has 0 fully saturated rings. The molecule has 0 spiro atoms. The van der Waals surface area contributed by atoms with Gasteiger partial charge >= 0.3 is 0 Å². The Morgan fingerprint density at radius 3 is 2.18 bits per heavy atom. The lowest BCUT2D eigenvalue weighted by Gasteiger charge is -2.34. The van der Waals surface area contributed by atoms with Gasteiger partial charge in [-0.05, 0) is 43.4 Å². The Hall–Kier alpha value is -0.860. The van der Waals surface area contributed by atoms with E-state index in [4.69, 9.17) is 5.73 Å². The zero-order valence-corrected chi connectivity index (χ0v) is 11.8. The van der Waals surface area contributed by atoms with E-state index in [2.05, 4.69) is 58.1 Å². The van der Waals surface area contributed by atoms with Crippen molar-refractivity contribution in [1.29, 1.82) is 0 Å². The Morgan fingerprint density at radius 2 is 1.76 bits per heavy atom. The van der Waals surface area contributed by atoms with Gasteiger partial charge in [-0.2, -0.15) is 0 Å². The molecule has 0 saturated heterocycles. The minimum atomic E-state index is 0.00865. The average molecular weight is 234 g/mol. The first kappa shape index (κ1) is 14.2. The van der Waals surface area contributed by atoms with Gasteiger partial charge < -0.3 is 11.1 Å². The lowest BCUT2D eigenvalue weighted by molar-refractivity contribution is 0.267. The first-order chi connectivity index (χ1) is 7.90.